The van der Waals surface area contributed by atoms with Crippen LogP contribution in [-0.4, -0.2) is 49.4 Å². The Bertz CT molecular complexity index is 618. The molecular weight excluding hydrogens is 342 g/mol. The second kappa shape index (κ2) is 8.03. The topological polar surface area (TPSA) is 72.0 Å². The number of hydrogen-bond acceptors (Lipinski definition) is 7. The van der Waals surface area contributed by atoms with Gasteiger partial charge in [0.2, 0.25) is 0 Å². The molecule has 0 saturated carbocycles. The third-order valence-corrected chi connectivity index (χ3v) is 4.86. The van der Waals surface area contributed by atoms with Gasteiger partial charge in [-0.15, -0.1) is 0 Å². The van der Waals surface area contributed by atoms with Gasteiger partial charge in [-0.05, 0) is 47.0 Å². The molecule has 1 aromatic rings. The molecule has 1 aromatic heterocycles. The Balaban J connectivity index is 2.29. The second-order valence-electron chi connectivity index (χ2n) is 6.96. The normalized spacial score (nSPS) is 15.0. The van der Waals surface area contributed by atoms with Crippen molar-refractivity contribution in [2.75, 3.05) is 36.5 Å². The van der Waals surface area contributed by atoms with Crippen LogP contribution in [0.3, 0.4) is 0 Å². The molecule has 1 amide bonds. The molecule has 1 fully saturated rings. The van der Waals surface area contributed by atoms with Crippen LogP contribution in [0.5, 0.6) is 0 Å². The van der Waals surface area contributed by atoms with E-state index < -0.39 is 17.7 Å². The summed E-state index contributed by atoms with van der Waals surface area (Å²) in [6.45, 7) is 9.23. The van der Waals surface area contributed by atoms with E-state index in [1.54, 1.807) is 14.0 Å². The predicted molar refractivity (Wildman–Crippen MR) is 98.8 cm³/mol. The van der Waals surface area contributed by atoms with Crippen LogP contribution in [0.2, 0.25) is 0 Å². The highest BCUT2D eigenvalue weighted by Crippen LogP contribution is 2.36. The number of aromatic nitrogens is 1. The van der Waals surface area contributed by atoms with Crippen molar-refractivity contribution in [2.24, 2.45) is 0 Å². The summed E-state index contributed by atoms with van der Waals surface area (Å²) in [5.74, 6) is -0.455. The fourth-order valence-electron chi connectivity index (χ4n) is 2.50. The first-order valence-corrected chi connectivity index (χ1v) is 9.44. The molecule has 0 unspecified atom stereocenters. The summed E-state index contributed by atoms with van der Waals surface area (Å²) in [5.41, 5.74) is -0.318. The van der Waals surface area contributed by atoms with Gasteiger partial charge in [-0.25, -0.2) is 14.6 Å². The number of hydrogen-bond donors (Lipinski definition) is 0. The highest BCUT2D eigenvalue weighted by Gasteiger charge is 2.29. The third-order valence-electron chi connectivity index (χ3n) is 3.66. The van der Waals surface area contributed by atoms with Crippen molar-refractivity contribution in [1.29, 1.82) is 0 Å². The van der Waals surface area contributed by atoms with E-state index in [1.165, 1.54) is 22.7 Å². The summed E-state index contributed by atoms with van der Waals surface area (Å²) in [4.78, 5) is 32.5. The minimum atomic E-state index is -0.595. The molecule has 0 aromatic carbocycles. The second-order valence-corrected chi connectivity index (χ2v) is 7.91. The molecule has 1 saturated heterocycles. The van der Waals surface area contributed by atoms with Gasteiger partial charge in [0.15, 0.2) is 10.8 Å². The number of amides is 1. The van der Waals surface area contributed by atoms with E-state index in [9.17, 15) is 9.59 Å². The van der Waals surface area contributed by atoms with Crippen molar-refractivity contribution in [2.45, 2.75) is 52.6 Å². The fraction of sp³-hybridized carbons (Fsp3) is 0.706. The molecule has 140 valence electrons. The SMILES string of the molecule is CCOC(=O)c1nc(N(C)C(=O)OC(C)(C)C)sc1N1CCCCC1. The average Bonchev–Trinajstić information content (AvgIpc) is 2.99. The van der Waals surface area contributed by atoms with Crippen molar-refractivity contribution in [1.82, 2.24) is 4.98 Å². The summed E-state index contributed by atoms with van der Waals surface area (Å²) in [6, 6.07) is 0. The maximum atomic E-state index is 12.3. The lowest BCUT2D eigenvalue weighted by Gasteiger charge is -2.27. The number of ether oxygens (including phenoxy) is 2. The van der Waals surface area contributed by atoms with Gasteiger partial charge >= 0.3 is 12.1 Å². The summed E-state index contributed by atoms with van der Waals surface area (Å²) in [7, 11) is 1.60. The molecule has 0 spiro atoms. The largest absolute Gasteiger partial charge is 0.461 e. The Morgan fingerprint density at radius 2 is 1.88 bits per heavy atom. The molecule has 0 N–H and O–H groups in total. The third kappa shape index (κ3) is 5.07. The van der Waals surface area contributed by atoms with Gasteiger partial charge in [0, 0.05) is 20.1 Å². The minimum absolute atomic E-state index is 0.277. The Labute approximate surface area is 152 Å². The first kappa shape index (κ1) is 19.5. The summed E-state index contributed by atoms with van der Waals surface area (Å²) in [5, 5.41) is 1.20. The smallest absolute Gasteiger partial charge is 0.416 e. The number of thiazole rings is 1. The molecule has 2 heterocycles. The van der Waals surface area contributed by atoms with Crippen molar-refractivity contribution in [3.8, 4) is 0 Å². The zero-order valence-electron chi connectivity index (χ0n) is 15.6. The number of esters is 1. The zero-order valence-corrected chi connectivity index (χ0v) is 16.4. The molecule has 8 heteroatoms. The van der Waals surface area contributed by atoms with Crippen molar-refractivity contribution in [3.63, 3.8) is 0 Å². The molecule has 0 bridgehead atoms. The predicted octanol–water partition coefficient (Wildman–Crippen LogP) is 3.68. The lowest BCUT2D eigenvalue weighted by Crippen LogP contribution is -2.34. The Kier molecular flexibility index (Phi) is 6.26. The number of rotatable bonds is 4. The molecular formula is C17H27N3O4S. The van der Waals surface area contributed by atoms with Crippen molar-refractivity contribution >= 4 is 33.5 Å². The molecule has 0 radical (unpaired) electrons. The van der Waals surface area contributed by atoms with Crippen molar-refractivity contribution < 1.29 is 19.1 Å². The highest BCUT2D eigenvalue weighted by molar-refractivity contribution is 7.20. The standard InChI is InChI=1S/C17H27N3O4S/c1-6-23-14(21)12-13(20-10-8-7-9-11-20)25-15(18-12)19(5)16(22)24-17(2,3)4/h6-11H2,1-5H3. The molecule has 7 nitrogen and oxygen atoms in total. The Hall–Kier alpha value is -1.83. The van der Waals surface area contributed by atoms with Gasteiger partial charge < -0.3 is 14.4 Å². The molecule has 1 aliphatic heterocycles. The molecule has 25 heavy (non-hydrogen) atoms. The van der Waals surface area contributed by atoms with Gasteiger partial charge in [-0.1, -0.05) is 11.3 Å². The molecule has 1 aliphatic rings. The van der Waals surface area contributed by atoms with Crippen LogP contribution in [0.15, 0.2) is 0 Å². The molecule has 0 atom stereocenters. The fourth-order valence-corrected chi connectivity index (χ4v) is 3.56. The van der Waals surface area contributed by atoms with Gasteiger partial charge in [-0.2, -0.15) is 0 Å². The van der Waals surface area contributed by atoms with Crippen LogP contribution in [0.4, 0.5) is 14.9 Å². The average molecular weight is 369 g/mol. The lowest BCUT2D eigenvalue weighted by atomic mass is 10.1. The van der Waals surface area contributed by atoms with Crippen LogP contribution < -0.4 is 9.80 Å². The quantitative estimate of drug-likeness (QED) is 0.754. The van der Waals surface area contributed by atoms with E-state index in [0.29, 0.717) is 5.13 Å². The first-order chi connectivity index (χ1) is 11.7. The first-order valence-electron chi connectivity index (χ1n) is 8.62. The van der Waals surface area contributed by atoms with E-state index in [-0.39, 0.29) is 12.3 Å². The number of nitrogens with zero attached hydrogens (tertiary/aromatic N) is 3. The number of anilines is 2. The van der Waals surface area contributed by atoms with Gasteiger partial charge in [0.25, 0.3) is 0 Å². The van der Waals surface area contributed by atoms with Crippen molar-refractivity contribution in [3.05, 3.63) is 5.69 Å². The van der Waals surface area contributed by atoms with Crippen LogP contribution in [0, 0.1) is 0 Å². The number of carbonyl (C=O) groups excluding carboxylic acids is 2. The maximum absolute atomic E-state index is 12.3. The highest BCUT2D eigenvalue weighted by atomic mass is 32.1. The van der Waals surface area contributed by atoms with E-state index in [1.807, 2.05) is 20.8 Å². The Morgan fingerprint density at radius 3 is 2.44 bits per heavy atom. The summed E-state index contributed by atoms with van der Waals surface area (Å²) in [6.07, 6.45) is 2.85. The van der Waals surface area contributed by atoms with E-state index in [0.717, 1.165) is 30.9 Å². The van der Waals surface area contributed by atoms with E-state index >= 15 is 0 Å². The summed E-state index contributed by atoms with van der Waals surface area (Å²) < 4.78 is 10.5. The van der Waals surface area contributed by atoms with Crippen LogP contribution in [0.1, 0.15) is 57.4 Å². The van der Waals surface area contributed by atoms with E-state index in [4.69, 9.17) is 9.47 Å². The monoisotopic (exact) mass is 369 g/mol. The maximum Gasteiger partial charge on any atom is 0.416 e. The Morgan fingerprint density at radius 1 is 1.24 bits per heavy atom. The van der Waals surface area contributed by atoms with E-state index in [2.05, 4.69) is 9.88 Å². The van der Waals surface area contributed by atoms with Gasteiger partial charge in [-0.3, -0.25) is 4.90 Å². The van der Waals surface area contributed by atoms with Crippen LogP contribution in [-0.2, 0) is 9.47 Å². The molecule has 0 aliphatic carbocycles. The van der Waals surface area contributed by atoms with Gasteiger partial charge in [0.05, 0.1) is 6.61 Å². The molecule has 2 rings (SSSR count). The van der Waals surface area contributed by atoms with Crippen LogP contribution >= 0.6 is 11.3 Å². The minimum Gasteiger partial charge on any atom is -0.461 e. The van der Waals surface area contributed by atoms with Gasteiger partial charge in [0.1, 0.15) is 10.6 Å². The summed E-state index contributed by atoms with van der Waals surface area (Å²) >= 11 is 1.32. The number of piperidine rings is 1. The number of carbonyl (C=O) groups is 2. The lowest BCUT2D eigenvalue weighted by molar-refractivity contribution is 0.0517. The zero-order chi connectivity index (χ0) is 18.6. The van der Waals surface area contributed by atoms with Crippen LogP contribution in [0.25, 0.3) is 0 Å².